The Kier molecular flexibility index (Phi) is 3.56. The fourth-order valence-corrected chi connectivity index (χ4v) is 0.554. The molecule has 45 valence electrons. The maximum absolute atomic E-state index is 9.91. The van der Waals surface area contributed by atoms with Crippen LogP contribution < -0.4 is 0 Å². The van der Waals surface area contributed by atoms with Gasteiger partial charge in [-0.25, -0.2) is 0 Å². The van der Waals surface area contributed by atoms with Crippen LogP contribution >= 0.6 is 12.2 Å². The van der Waals surface area contributed by atoms with E-state index in [0.29, 0.717) is 0 Å². The number of carbonyl (C=O) groups excluding carboxylic acids is 1. The summed E-state index contributed by atoms with van der Waals surface area (Å²) in [6.07, 6.45) is 1.77. The second-order valence-corrected chi connectivity index (χ2v) is 1.93. The normalized spacial score (nSPS) is 13.4. The van der Waals surface area contributed by atoms with E-state index in [9.17, 15) is 4.79 Å². The molecule has 1 unspecified atom stereocenters. The molecule has 0 saturated carbocycles. The third-order valence-electron chi connectivity index (χ3n) is 0.806. The maximum Gasteiger partial charge on any atom is 0.222 e. The van der Waals surface area contributed by atoms with Crippen molar-refractivity contribution in [3.8, 4) is 0 Å². The largest absolute Gasteiger partial charge is 0.295 e. The van der Waals surface area contributed by atoms with Crippen LogP contribution in [0.25, 0.3) is 0 Å². The van der Waals surface area contributed by atoms with Crippen molar-refractivity contribution in [2.75, 3.05) is 14.1 Å². The van der Waals surface area contributed by atoms with Gasteiger partial charge in [0.1, 0.15) is 6.04 Å². The Morgan fingerprint density at radius 3 is 2.25 bits per heavy atom. The van der Waals surface area contributed by atoms with E-state index in [4.69, 9.17) is 0 Å². The summed E-state index contributed by atoms with van der Waals surface area (Å²) in [6, 6.07) is -0.329. The minimum absolute atomic E-state index is 0.329. The molecule has 0 amide bonds. The molecule has 0 N–H and O–H groups in total. The molecule has 0 aromatic rings. The lowest BCUT2D eigenvalue weighted by atomic mass is 10.4. The van der Waals surface area contributed by atoms with Crippen LogP contribution in [0.4, 0.5) is 0 Å². The smallest absolute Gasteiger partial charge is 0.222 e. The Morgan fingerprint density at radius 2 is 2.25 bits per heavy atom. The first kappa shape index (κ1) is 7.72. The first-order chi connectivity index (χ1) is 3.72. The molecule has 1 atom stereocenters. The van der Waals surface area contributed by atoms with Crippen LogP contribution in [0.5, 0.6) is 0 Å². The van der Waals surface area contributed by atoms with Gasteiger partial charge < -0.3 is 0 Å². The van der Waals surface area contributed by atoms with E-state index in [0.717, 1.165) is 0 Å². The van der Waals surface area contributed by atoms with Crippen molar-refractivity contribution in [3.05, 3.63) is 0 Å². The first-order valence-electron chi connectivity index (χ1n) is 2.21. The lowest BCUT2D eigenvalue weighted by Gasteiger charge is -2.10. The zero-order valence-electron chi connectivity index (χ0n) is 4.92. The molecule has 0 heterocycles. The number of rotatable bonds is 3. The van der Waals surface area contributed by atoms with Crippen LogP contribution in [0.1, 0.15) is 0 Å². The maximum atomic E-state index is 9.91. The van der Waals surface area contributed by atoms with Gasteiger partial charge in [-0.2, -0.15) is 0 Å². The standard InChI is InChI=1S/C5H8NOS/c1-6(2)5(3-7)4-8/h4-5H,1-2H3. The fraction of sp³-hybridized carbons (Fsp3) is 0.600. The van der Waals surface area contributed by atoms with Crippen LogP contribution in [-0.2, 0) is 4.79 Å². The van der Waals surface area contributed by atoms with Gasteiger partial charge in [0.25, 0.3) is 0 Å². The van der Waals surface area contributed by atoms with Crippen molar-refractivity contribution in [2.45, 2.75) is 6.04 Å². The Morgan fingerprint density at radius 1 is 1.75 bits per heavy atom. The number of thiocarbonyl (C=S) groups is 1. The number of nitrogens with zero attached hydrogens (tertiary/aromatic N) is 1. The van der Waals surface area contributed by atoms with Gasteiger partial charge in [0.05, 0.1) is 0 Å². The summed E-state index contributed by atoms with van der Waals surface area (Å²) in [5, 5.41) is 1.38. The average molecular weight is 130 g/mol. The van der Waals surface area contributed by atoms with E-state index >= 15 is 0 Å². The summed E-state index contributed by atoms with van der Waals surface area (Å²) in [6.45, 7) is 0. The third kappa shape index (κ3) is 2.14. The summed E-state index contributed by atoms with van der Waals surface area (Å²) in [7, 11) is 3.55. The molecule has 0 aromatic heterocycles. The van der Waals surface area contributed by atoms with Gasteiger partial charge in [0, 0.05) is 5.37 Å². The molecular formula is C5H8NOS. The summed E-state index contributed by atoms with van der Waals surface area (Å²) in [4.78, 5) is 11.6. The average Bonchev–Trinajstić information content (AvgIpc) is 1.69. The Balaban J connectivity index is 3.68. The molecule has 0 aliphatic carbocycles. The second-order valence-electron chi connectivity index (χ2n) is 1.66. The number of hydrogen-bond donors (Lipinski definition) is 0. The predicted octanol–water partition coefficient (Wildman–Crippen LogP) is 0.0260. The van der Waals surface area contributed by atoms with Crippen molar-refractivity contribution in [3.63, 3.8) is 0 Å². The van der Waals surface area contributed by atoms with Crippen molar-refractivity contribution in [2.24, 2.45) is 0 Å². The molecule has 0 aliphatic rings. The van der Waals surface area contributed by atoms with Gasteiger partial charge >= 0.3 is 0 Å². The minimum Gasteiger partial charge on any atom is -0.295 e. The van der Waals surface area contributed by atoms with Gasteiger partial charge in [0.15, 0.2) is 0 Å². The lowest BCUT2D eigenvalue weighted by molar-refractivity contribution is 0.411. The van der Waals surface area contributed by atoms with Gasteiger partial charge in [-0.3, -0.25) is 9.69 Å². The van der Waals surface area contributed by atoms with Crippen molar-refractivity contribution >= 4 is 23.9 Å². The van der Waals surface area contributed by atoms with Crippen molar-refractivity contribution < 1.29 is 4.79 Å². The summed E-state index contributed by atoms with van der Waals surface area (Å²) in [5.41, 5.74) is 0. The molecule has 0 rings (SSSR count). The van der Waals surface area contributed by atoms with Crippen LogP contribution in [0.3, 0.4) is 0 Å². The molecule has 0 aliphatic heterocycles. The molecule has 0 spiro atoms. The Hall–Kier alpha value is -0.280. The highest BCUT2D eigenvalue weighted by Gasteiger charge is 2.03. The molecule has 2 nitrogen and oxygen atoms in total. The number of likely N-dealkylation sites (N-methyl/N-ethyl adjacent to an activating group) is 1. The topological polar surface area (TPSA) is 20.3 Å². The summed E-state index contributed by atoms with van der Waals surface area (Å²) < 4.78 is 0. The van der Waals surface area contributed by atoms with Gasteiger partial charge in [0.2, 0.25) is 6.29 Å². The summed E-state index contributed by atoms with van der Waals surface area (Å²) in [5.74, 6) is 0. The zero-order valence-corrected chi connectivity index (χ0v) is 5.73. The van der Waals surface area contributed by atoms with Crippen LogP contribution in [0.2, 0.25) is 0 Å². The lowest BCUT2D eigenvalue weighted by Crippen LogP contribution is -2.29. The third-order valence-corrected chi connectivity index (χ3v) is 1.06. The molecule has 8 heavy (non-hydrogen) atoms. The predicted molar refractivity (Wildman–Crippen MR) is 36.8 cm³/mol. The van der Waals surface area contributed by atoms with E-state index in [1.807, 2.05) is 0 Å². The van der Waals surface area contributed by atoms with Crippen molar-refractivity contribution in [1.82, 2.24) is 4.90 Å². The molecule has 0 saturated heterocycles. The monoisotopic (exact) mass is 130 g/mol. The SMILES string of the molecule is CN(C)C([C]=O)C=S. The van der Waals surface area contributed by atoms with E-state index < -0.39 is 0 Å². The van der Waals surface area contributed by atoms with Crippen LogP contribution in [0, 0.1) is 0 Å². The van der Waals surface area contributed by atoms with Crippen LogP contribution in [-0.4, -0.2) is 36.7 Å². The summed E-state index contributed by atoms with van der Waals surface area (Å²) >= 11 is 4.52. The van der Waals surface area contributed by atoms with Gasteiger partial charge in [-0.15, -0.1) is 0 Å². The molecule has 1 radical (unpaired) electrons. The quantitative estimate of drug-likeness (QED) is 0.502. The highest BCUT2D eigenvalue weighted by Crippen LogP contribution is 1.82. The van der Waals surface area contributed by atoms with Gasteiger partial charge in [-0.05, 0) is 14.1 Å². The second kappa shape index (κ2) is 3.69. The van der Waals surface area contributed by atoms with Crippen LogP contribution in [0.15, 0.2) is 0 Å². The molecule has 3 heteroatoms. The Bertz CT molecular complexity index is 84.4. The fourth-order valence-electron chi connectivity index (χ4n) is 0.255. The highest BCUT2D eigenvalue weighted by atomic mass is 32.1. The van der Waals surface area contributed by atoms with E-state index in [-0.39, 0.29) is 6.04 Å². The molecule has 0 aromatic carbocycles. The zero-order chi connectivity index (χ0) is 6.57. The molecule has 0 fully saturated rings. The van der Waals surface area contributed by atoms with E-state index in [1.54, 1.807) is 25.3 Å². The minimum atomic E-state index is -0.329. The van der Waals surface area contributed by atoms with E-state index in [1.165, 1.54) is 5.37 Å². The molecule has 0 bridgehead atoms. The first-order valence-corrected chi connectivity index (χ1v) is 2.69. The Labute approximate surface area is 54.5 Å². The van der Waals surface area contributed by atoms with Crippen molar-refractivity contribution in [1.29, 1.82) is 0 Å². The molecular weight excluding hydrogens is 122 g/mol. The van der Waals surface area contributed by atoms with E-state index in [2.05, 4.69) is 12.2 Å². The highest BCUT2D eigenvalue weighted by molar-refractivity contribution is 7.79. The van der Waals surface area contributed by atoms with Gasteiger partial charge in [-0.1, -0.05) is 12.2 Å². The number of hydrogen-bond acceptors (Lipinski definition) is 3.